The smallest absolute Gasteiger partial charge is 0.220 e. The first kappa shape index (κ1) is 18.1. The molecule has 2 aromatic rings. The number of amides is 1. The third-order valence-electron chi connectivity index (χ3n) is 3.82. The van der Waals surface area contributed by atoms with E-state index < -0.39 is 6.10 Å². The van der Waals surface area contributed by atoms with Crippen molar-refractivity contribution in [3.05, 3.63) is 71.3 Å². The summed E-state index contributed by atoms with van der Waals surface area (Å²) in [7, 11) is 0. The highest BCUT2D eigenvalue weighted by Gasteiger charge is 2.15. The fraction of sp³-hybridized carbons (Fsp3) is 0.316. The zero-order valence-electron chi connectivity index (χ0n) is 13.5. The molecule has 1 amide bonds. The second kappa shape index (κ2) is 8.55. The monoisotopic (exact) mass is 333 g/mol. The summed E-state index contributed by atoms with van der Waals surface area (Å²) in [5.41, 5.74) is 1.11. The average Bonchev–Trinajstić information content (AvgIpc) is 2.54. The Morgan fingerprint density at radius 1 is 1.12 bits per heavy atom. The second-order valence-electron chi connectivity index (χ2n) is 5.86. The average molecular weight is 333 g/mol. The zero-order chi connectivity index (χ0) is 17.5. The highest BCUT2D eigenvalue weighted by molar-refractivity contribution is 5.76. The molecule has 128 valence electrons. The summed E-state index contributed by atoms with van der Waals surface area (Å²) in [4.78, 5) is 11.9. The van der Waals surface area contributed by atoms with Crippen LogP contribution in [0.1, 0.15) is 37.0 Å². The van der Waals surface area contributed by atoms with Crippen molar-refractivity contribution in [2.45, 2.75) is 38.3 Å². The largest absolute Gasteiger partial charge is 0.388 e. The van der Waals surface area contributed by atoms with E-state index >= 15 is 0 Å². The van der Waals surface area contributed by atoms with Crippen LogP contribution in [0, 0.1) is 11.6 Å². The lowest BCUT2D eigenvalue weighted by molar-refractivity contribution is -0.121. The minimum atomic E-state index is -0.785. The molecule has 2 unspecified atom stereocenters. The van der Waals surface area contributed by atoms with Gasteiger partial charge in [-0.25, -0.2) is 8.78 Å². The fourth-order valence-electron chi connectivity index (χ4n) is 2.51. The molecular weight excluding hydrogens is 312 g/mol. The molecule has 0 saturated carbocycles. The van der Waals surface area contributed by atoms with Crippen molar-refractivity contribution in [2.75, 3.05) is 0 Å². The van der Waals surface area contributed by atoms with Gasteiger partial charge in [0.25, 0.3) is 0 Å². The Hall–Kier alpha value is -2.27. The molecule has 0 saturated heterocycles. The maximum absolute atomic E-state index is 13.5. The van der Waals surface area contributed by atoms with Gasteiger partial charge in [-0.15, -0.1) is 0 Å². The molecule has 0 radical (unpaired) electrons. The molecule has 2 rings (SSSR count). The summed E-state index contributed by atoms with van der Waals surface area (Å²) >= 11 is 0. The van der Waals surface area contributed by atoms with Gasteiger partial charge < -0.3 is 10.4 Å². The number of carbonyl (C=O) groups is 1. The predicted octanol–water partition coefficient (Wildman–Crippen LogP) is 3.53. The van der Waals surface area contributed by atoms with E-state index in [9.17, 15) is 18.7 Å². The van der Waals surface area contributed by atoms with Crippen molar-refractivity contribution in [1.29, 1.82) is 0 Å². The molecule has 5 heteroatoms. The van der Waals surface area contributed by atoms with Gasteiger partial charge in [-0.05, 0) is 49.1 Å². The lowest BCUT2D eigenvalue weighted by atomic mass is 10.0. The van der Waals surface area contributed by atoms with E-state index in [0.29, 0.717) is 24.0 Å². The van der Waals surface area contributed by atoms with Crippen LogP contribution >= 0.6 is 0 Å². The Morgan fingerprint density at radius 2 is 1.79 bits per heavy atom. The van der Waals surface area contributed by atoms with E-state index in [1.165, 1.54) is 30.3 Å². The van der Waals surface area contributed by atoms with E-state index in [2.05, 4.69) is 5.32 Å². The molecule has 24 heavy (non-hydrogen) atoms. The maximum atomic E-state index is 13.5. The minimum absolute atomic E-state index is 0.178. The SMILES string of the molecule is CC(CC(O)c1ccc(F)cc1)NC(=O)CCc1ccccc1F. The van der Waals surface area contributed by atoms with Crippen molar-refractivity contribution in [2.24, 2.45) is 0 Å². The molecule has 2 atom stereocenters. The molecule has 0 bridgehead atoms. The second-order valence-corrected chi connectivity index (χ2v) is 5.86. The van der Waals surface area contributed by atoms with Crippen molar-refractivity contribution in [1.82, 2.24) is 5.32 Å². The third kappa shape index (κ3) is 5.42. The number of aryl methyl sites for hydroxylation is 1. The van der Waals surface area contributed by atoms with Crippen molar-refractivity contribution in [3.63, 3.8) is 0 Å². The molecule has 0 heterocycles. The summed E-state index contributed by atoms with van der Waals surface area (Å²) in [6.45, 7) is 1.79. The van der Waals surface area contributed by atoms with Gasteiger partial charge in [0, 0.05) is 12.5 Å². The normalized spacial score (nSPS) is 13.3. The number of halogens is 2. The lowest BCUT2D eigenvalue weighted by Gasteiger charge is -2.18. The van der Waals surface area contributed by atoms with Crippen LogP contribution in [0.15, 0.2) is 48.5 Å². The van der Waals surface area contributed by atoms with Gasteiger partial charge in [0.1, 0.15) is 11.6 Å². The Labute approximate surface area is 140 Å². The Morgan fingerprint density at radius 3 is 2.46 bits per heavy atom. The summed E-state index contributed by atoms with van der Waals surface area (Å²) in [6.07, 6.45) is 0.0354. The molecule has 3 nitrogen and oxygen atoms in total. The highest BCUT2D eigenvalue weighted by Crippen LogP contribution is 2.18. The number of carbonyl (C=O) groups excluding carboxylic acids is 1. The molecule has 2 aromatic carbocycles. The van der Waals surface area contributed by atoms with Crippen LogP contribution in [-0.4, -0.2) is 17.1 Å². The van der Waals surface area contributed by atoms with Gasteiger partial charge in [-0.2, -0.15) is 0 Å². The van der Waals surface area contributed by atoms with Crippen LogP contribution in [0.4, 0.5) is 8.78 Å². The van der Waals surface area contributed by atoms with Gasteiger partial charge >= 0.3 is 0 Å². The molecule has 0 aromatic heterocycles. The van der Waals surface area contributed by atoms with Crippen LogP contribution in [0.25, 0.3) is 0 Å². The minimum Gasteiger partial charge on any atom is -0.388 e. The van der Waals surface area contributed by atoms with Crippen LogP contribution in [0.5, 0.6) is 0 Å². The van der Waals surface area contributed by atoms with Crippen molar-refractivity contribution >= 4 is 5.91 Å². The first-order valence-electron chi connectivity index (χ1n) is 7.92. The number of hydrogen-bond acceptors (Lipinski definition) is 2. The zero-order valence-corrected chi connectivity index (χ0v) is 13.5. The molecule has 0 aliphatic rings. The van der Waals surface area contributed by atoms with Crippen LogP contribution in [-0.2, 0) is 11.2 Å². The number of aliphatic hydroxyl groups excluding tert-OH is 1. The van der Waals surface area contributed by atoms with Gasteiger partial charge in [-0.1, -0.05) is 30.3 Å². The summed E-state index contributed by atoms with van der Waals surface area (Å²) in [6, 6.07) is 11.7. The van der Waals surface area contributed by atoms with Crippen molar-refractivity contribution < 1.29 is 18.7 Å². The fourth-order valence-corrected chi connectivity index (χ4v) is 2.51. The summed E-state index contributed by atoms with van der Waals surface area (Å²) < 4.78 is 26.4. The Balaban J connectivity index is 1.79. The maximum Gasteiger partial charge on any atom is 0.220 e. The molecular formula is C19H21F2NO2. The van der Waals surface area contributed by atoms with Crippen LogP contribution in [0.3, 0.4) is 0 Å². The van der Waals surface area contributed by atoms with Crippen molar-refractivity contribution in [3.8, 4) is 0 Å². The predicted molar refractivity (Wildman–Crippen MR) is 88.3 cm³/mol. The van der Waals surface area contributed by atoms with Gasteiger partial charge in [0.2, 0.25) is 5.91 Å². The Kier molecular flexibility index (Phi) is 6.44. The molecule has 0 spiro atoms. The summed E-state index contributed by atoms with van der Waals surface area (Å²) in [5.74, 6) is -0.873. The standard InChI is InChI=1S/C19H21F2NO2/c1-13(12-18(23)15-6-9-16(20)10-7-15)22-19(24)11-8-14-4-2-3-5-17(14)21/h2-7,9-10,13,18,23H,8,11-12H2,1H3,(H,22,24). The van der Waals surface area contributed by atoms with E-state index in [0.717, 1.165) is 0 Å². The first-order chi connectivity index (χ1) is 11.5. The van der Waals surface area contributed by atoms with Gasteiger partial charge in [0.15, 0.2) is 0 Å². The van der Waals surface area contributed by atoms with Crippen LogP contribution in [0.2, 0.25) is 0 Å². The van der Waals surface area contributed by atoms with E-state index in [4.69, 9.17) is 0 Å². The topological polar surface area (TPSA) is 49.3 Å². The number of aliphatic hydroxyl groups is 1. The highest BCUT2D eigenvalue weighted by atomic mass is 19.1. The first-order valence-corrected chi connectivity index (χ1v) is 7.92. The number of nitrogens with one attached hydrogen (secondary N) is 1. The quantitative estimate of drug-likeness (QED) is 0.814. The van der Waals surface area contributed by atoms with Gasteiger partial charge in [-0.3, -0.25) is 4.79 Å². The molecule has 2 N–H and O–H groups in total. The number of hydrogen-bond donors (Lipinski definition) is 2. The summed E-state index contributed by atoms with van der Waals surface area (Å²) in [5, 5.41) is 12.9. The number of rotatable bonds is 7. The van der Waals surface area contributed by atoms with E-state index in [1.807, 2.05) is 0 Å². The molecule has 0 fully saturated rings. The lowest BCUT2D eigenvalue weighted by Crippen LogP contribution is -2.33. The third-order valence-corrected chi connectivity index (χ3v) is 3.82. The molecule has 0 aliphatic heterocycles. The number of benzene rings is 2. The van der Waals surface area contributed by atoms with Gasteiger partial charge in [0.05, 0.1) is 6.10 Å². The van der Waals surface area contributed by atoms with Crippen LogP contribution < -0.4 is 5.32 Å². The van der Waals surface area contributed by atoms with E-state index in [-0.39, 0.29) is 30.0 Å². The van der Waals surface area contributed by atoms with E-state index in [1.54, 1.807) is 25.1 Å². The molecule has 0 aliphatic carbocycles. The Bertz CT molecular complexity index is 673.